The van der Waals surface area contributed by atoms with Gasteiger partial charge in [-0.3, -0.25) is 19.9 Å². The molecule has 0 bridgehead atoms. The number of nitrogens with zero attached hydrogens (tertiary/aromatic N) is 3. The Morgan fingerprint density at radius 2 is 1.90 bits per heavy atom. The maximum absolute atomic E-state index is 15.6. The summed E-state index contributed by atoms with van der Waals surface area (Å²) in [5.41, 5.74) is 2.12. The molecule has 2 saturated heterocycles. The number of hydrazine groups is 1. The predicted octanol–water partition coefficient (Wildman–Crippen LogP) is 2.69. The van der Waals surface area contributed by atoms with Crippen LogP contribution in [0.5, 0.6) is 0 Å². The lowest BCUT2D eigenvalue weighted by Gasteiger charge is -2.39. The van der Waals surface area contributed by atoms with E-state index in [0.717, 1.165) is 50.1 Å². The van der Waals surface area contributed by atoms with E-state index in [1.54, 1.807) is 0 Å². The van der Waals surface area contributed by atoms with Crippen LogP contribution in [0.3, 0.4) is 0 Å². The summed E-state index contributed by atoms with van der Waals surface area (Å²) >= 11 is 0. The van der Waals surface area contributed by atoms with Crippen LogP contribution in [-0.2, 0) is 9.59 Å². The molecule has 0 aromatic rings. The van der Waals surface area contributed by atoms with Gasteiger partial charge < -0.3 is 15.3 Å². The Morgan fingerprint density at radius 3 is 2.62 bits per heavy atom. The highest BCUT2D eigenvalue weighted by atomic mass is 19.1. The molecule has 2 heterocycles. The van der Waals surface area contributed by atoms with Crippen LogP contribution in [0.15, 0.2) is 0 Å². The summed E-state index contributed by atoms with van der Waals surface area (Å²) in [6.07, 6.45) is 9.34. The third-order valence-electron chi connectivity index (χ3n) is 11.4. The van der Waals surface area contributed by atoms with Crippen LogP contribution in [0, 0.1) is 35.5 Å². The van der Waals surface area contributed by atoms with E-state index >= 15 is 4.39 Å². The second-order valence-corrected chi connectivity index (χ2v) is 13.8. The molecule has 9 nitrogen and oxygen atoms in total. The first-order valence-electron chi connectivity index (χ1n) is 16.0. The SMILES string of the molecule is C[C@@H](C1CC1)N(CC1CCCCC1)C(=O)CN1C(=O)N[C@]2(C[C@@H](F)C3CC(C4CNN(CCO)C4)CCC32)C1=O. The van der Waals surface area contributed by atoms with Gasteiger partial charge in [0, 0.05) is 38.6 Å². The van der Waals surface area contributed by atoms with Gasteiger partial charge in [-0.1, -0.05) is 19.3 Å². The summed E-state index contributed by atoms with van der Waals surface area (Å²) in [7, 11) is 0. The monoisotopic (exact) mass is 561 g/mol. The van der Waals surface area contributed by atoms with Gasteiger partial charge in [0.25, 0.3) is 5.91 Å². The number of nitrogens with one attached hydrogen (secondary N) is 2. The molecule has 4 saturated carbocycles. The number of amides is 4. The Hall–Kier alpha value is -1.78. The fourth-order valence-electron chi connectivity index (χ4n) is 8.94. The van der Waals surface area contributed by atoms with Crippen molar-refractivity contribution in [3.05, 3.63) is 0 Å². The highest BCUT2D eigenvalue weighted by Crippen LogP contribution is 2.54. The largest absolute Gasteiger partial charge is 0.395 e. The zero-order chi connectivity index (χ0) is 28.0. The Labute approximate surface area is 237 Å². The normalized spacial score (nSPS) is 37.7. The van der Waals surface area contributed by atoms with Gasteiger partial charge >= 0.3 is 6.03 Å². The number of hydrogen-bond acceptors (Lipinski definition) is 6. The topological polar surface area (TPSA) is 105 Å². The zero-order valence-electron chi connectivity index (χ0n) is 24.0. The van der Waals surface area contributed by atoms with Crippen molar-refractivity contribution in [1.82, 2.24) is 25.6 Å². The van der Waals surface area contributed by atoms with Gasteiger partial charge in [-0.15, -0.1) is 0 Å². The van der Waals surface area contributed by atoms with E-state index in [1.165, 1.54) is 19.3 Å². The molecule has 2 aliphatic heterocycles. The van der Waals surface area contributed by atoms with Crippen LogP contribution in [-0.4, -0.2) is 94.8 Å². The fourth-order valence-corrected chi connectivity index (χ4v) is 8.94. The van der Waals surface area contributed by atoms with Crippen LogP contribution in [0.25, 0.3) is 0 Å². The summed E-state index contributed by atoms with van der Waals surface area (Å²) in [6, 6.07) is -0.423. The Kier molecular flexibility index (Phi) is 8.13. The first kappa shape index (κ1) is 28.3. The van der Waals surface area contributed by atoms with Crippen molar-refractivity contribution in [1.29, 1.82) is 0 Å². The Balaban J connectivity index is 1.12. The second-order valence-electron chi connectivity index (χ2n) is 13.8. The van der Waals surface area contributed by atoms with Crippen molar-refractivity contribution in [2.75, 3.05) is 39.3 Å². The van der Waals surface area contributed by atoms with Gasteiger partial charge in [0.1, 0.15) is 18.3 Å². The zero-order valence-corrected chi connectivity index (χ0v) is 24.0. The number of alkyl halides is 1. The minimum atomic E-state index is -1.22. The van der Waals surface area contributed by atoms with E-state index < -0.39 is 23.6 Å². The number of imide groups is 1. The van der Waals surface area contributed by atoms with E-state index in [2.05, 4.69) is 17.7 Å². The number of carbonyl (C=O) groups excluding carboxylic acids is 3. The highest BCUT2D eigenvalue weighted by Gasteiger charge is 2.65. The maximum atomic E-state index is 15.6. The Bertz CT molecular complexity index is 974. The summed E-state index contributed by atoms with van der Waals surface area (Å²) in [6.45, 7) is 4.92. The van der Waals surface area contributed by atoms with E-state index in [0.29, 0.717) is 49.6 Å². The summed E-state index contributed by atoms with van der Waals surface area (Å²) < 4.78 is 15.6. The van der Waals surface area contributed by atoms with Crippen LogP contribution in [0.2, 0.25) is 0 Å². The van der Waals surface area contributed by atoms with Crippen LogP contribution < -0.4 is 10.7 Å². The van der Waals surface area contributed by atoms with Crippen LogP contribution in [0.4, 0.5) is 9.18 Å². The van der Waals surface area contributed by atoms with Crippen molar-refractivity contribution in [3.8, 4) is 0 Å². The molecule has 10 heteroatoms. The third kappa shape index (κ3) is 5.28. The van der Waals surface area contributed by atoms with Gasteiger partial charge in [-0.05, 0) is 87.4 Å². The molecule has 4 aliphatic carbocycles. The maximum Gasteiger partial charge on any atom is 0.325 e. The summed E-state index contributed by atoms with van der Waals surface area (Å²) in [5.74, 6) is 0.693. The number of fused-ring (bicyclic) bond motifs is 2. The average Bonchev–Trinajstić information content (AvgIpc) is 3.58. The van der Waals surface area contributed by atoms with Gasteiger partial charge in [0.2, 0.25) is 5.91 Å². The first-order chi connectivity index (χ1) is 19.3. The predicted molar refractivity (Wildman–Crippen MR) is 147 cm³/mol. The molecule has 0 radical (unpaired) electrons. The number of aliphatic hydroxyl groups is 1. The second kappa shape index (κ2) is 11.5. The first-order valence-corrected chi connectivity index (χ1v) is 16.0. The summed E-state index contributed by atoms with van der Waals surface area (Å²) in [4.78, 5) is 43.9. The van der Waals surface area contributed by atoms with Gasteiger partial charge in [0.15, 0.2) is 0 Å². The van der Waals surface area contributed by atoms with E-state index in [9.17, 15) is 19.5 Å². The third-order valence-corrected chi connectivity index (χ3v) is 11.4. The van der Waals surface area contributed by atoms with Gasteiger partial charge in [-0.25, -0.2) is 14.2 Å². The van der Waals surface area contributed by atoms with E-state index in [1.807, 2.05) is 9.91 Å². The molecule has 0 aromatic heterocycles. The number of hydrogen-bond donors (Lipinski definition) is 3. The summed E-state index contributed by atoms with van der Waals surface area (Å²) in [5, 5.41) is 14.2. The molecule has 3 N–H and O–H groups in total. The fraction of sp³-hybridized carbons (Fsp3) is 0.900. The molecule has 224 valence electrons. The molecule has 4 amide bonds. The number of halogens is 1. The molecule has 1 spiro atoms. The molecule has 0 aromatic carbocycles. The molecular formula is C30H48FN5O4. The van der Waals surface area contributed by atoms with Crippen molar-refractivity contribution in [2.45, 2.75) is 95.3 Å². The quantitative estimate of drug-likeness (QED) is 0.374. The van der Waals surface area contributed by atoms with Crippen LogP contribution in [0.1, 0.15) is 77.6 Å². The molecule has 6 aliphatic rings. The van der Waals surface area contributed by atoms with Crippen molar-refractivity contribution in [3.63, 3.8) is 0 Å². The van der Waals surface area contributed by atoms with E-state index in [-0.39, 0.29) is 43.4 Å². The lowest BCUT2D eigenvalue weighted by atomic mass is 9.67. The lowest BCUT2D eigenvalue weighted by molar-refractivity contribution is -0.141. The molecule has 6 fully saturated rings. The number of β-amino-alcohol motifs (C(OH)–C–C–N with tert-alkyl or cyclic N) is 1. The Morgan fingerprint density at radius 1 is 1.12 bits per heavy atom. The number of carbonyl (C=O) groups is 3. The average molecular weight is 562 g/mol. The molecular weight excluding hydrogens is 513 g/mol. The van der Waals surface area contributed by atoms with Gasteiger partial charge in [-0.2, -0.15) is 0 Å². The van der Waals surface area contributed by atoms with Gasteiger partial charge in [0.05, 0.1) is 6.61 Å². The van der Waals surface area contributed by atoms with E-state index in [4.69, 9.17) is 0 Å². The molecule has 6 rings (SSSR count). The number of aliphatic hydroxyl groups excluding tert-OH is 1. The van der Waals surface area contributed by atoms with Crippen molar-refractivity contribution in [2.24, 2.45) is 35.5 Å². The van der Waals surface area contributed by atoms with Crippen LogP contribution >= 0.6 is 0 Å². The number of urea groups is 1. The molecule has 40 heavy (non-hydrogen) atoms. The van der Waals surface area contributed by atoms with Crippen molar-refractivity contribution < 1.29 is 23.9 Å². The van der Waals surface area contributed by atoms with Crippen molar-refractivity contribution >= 4 is 17.8 Å². The smallest absolute Gasteiger partial charge is 0.325 e. The minimum absolute atomic E-state index is 0.00807. The minimum Gasteiger partial charge on any atom is -0.395 e. The highest BCUT2D eigenvalue weighted by molar-refractivity contribution is 6.09. The lowest BCUT2D eigenvalue weighted by Crippen LogP contribution is -2.53. The molecule has 4 unspecified atom stereocenters. The number of rotatable bonds is 9. The molecule has 7 atom stereocenters. The standard InChI is InChI=1S/C30H48FN5O4/c1-19(21-7-8-21)35(16-20-5-3-2-4-6-20)27(38)18-36-28(39)30(33-29(36)40)14-26(31)24-13-22(9-10-25(24)30)23-15-32-34(17-23)11-12-37/h19-26,32,37H,2-18H2,1H3,(H,33,40)/t19-,22?,23?,24?,25?,26+,30-/m0/s1.